The van der Waals surface area contributed by atoms with Crippen LogP contribution in [0.2, 0.25) is 0 Å². The van der Waals surface area contributed by atoms with Crippen LogP contribution in [0.1, 0.15) is 6.42 Å². The molecule has 156 valence electrons. The number of hydrogen-bond acceptors (Lipinski definition) is 6. The number of carbonyl (C=O) groups is 2. The maximum Gasteiger partial charge on any atom is 0.387 e. The Morgan fingerprint density at radius 3 is 2.63 bits per heavy atom. The Balaban J connectivity index is 1.53. The van der Waals surface area contributed by atoms with Gasteiger partial charge in [0.1, 0.15) is 5.75 Å². The number of para-hydroxylation sites is 3. The molecule has 1 N–H and O–H groups in total. The summed E-state index contributed by atoms with van der Waals surface area (Å²) in [4.78, 5) is 35.7. The van der Waals surface area contributed by atoms with E-state index in [1.165, 1.54) is 35.1 Å². The van der Waals surface area contributed by atoms with Gasteiger partial charge in [0, 0.05) is 5.39 Å². The summed E-state index contributed by atoms with van der Waals surface area (Å²) in [5.41, 5.74) is 0.381. The van der Waals surface area contributed by atoms with Crippen molar-refractivity contribution in [1.82, 2.24) is 9.78 Å². The lowest BCUT2D eigenvalue weighted by atomic mass is 10.2. The van der Waals surface area contributed by atoms with Gasteiger partial charge >= 0.3 is 12.6 Å². The summed E-state index contributed by atoms with van der Waals surface area (Å²) >= 11 is 0. The molecule has 30 heavy (non-hydrogen) atoms. The van der Waals surface area contributed by atoms with E-state index >= 15 is 0 Å². The number of alkyl halides is 2. The fourth-order valence-corrected chi connectivity index (χ4v) is 2.71. The van der Waals surface area contributed by atoms with E-state index < -0.39 is 25.1 Å². The highest BCUT2D eigenvalue weighted by Crippen LogP contribution is 2.25. The van der Waals surface area contributed by atoms with Crippen LogP contribution in [0, 0.1) is 0 Å². The van der Waals surface area contributed by atoms with Crippen LogP contribution in [0.4, 0.5) is 14.5 Å². The van der Waals surface area contributed by atoms with Crippen LogP contribution in [0.25, 0.3) is 10.9 Å². The molecular weight excluding hydrogens is 400 g/mol. The quantitative estimate of drug-likeness (QED) is 0.566. The number of rotatable bonds is 8. The summed E-state index contributed by atoms with van der Waals surface area (Å²) in [7, 11) is 0. The molecular formula is C20H17F2N3O5. The van der Waals surface area contributed by atoms with Gasteiger partial charge in [-0.2, -0.15) is 13.9 Å². The van der Waals surface area contributed by atoms with Gasteiger partial charge in [-0.25, -0.2) is 0 Å². The number of nitrogens with one attached hydrogen (secondary N) is 1. The van der Waals surface area contributed by atoms with Crippen LogP contribution in [0.15, 0.2) is 59.5 Å². The minimum absolute atomic E-state index is 0.0303. The number of anilines is 1. The number of esters is 1. The highest BCUT2D eigenvalue weighted by Gasteiger charge is 2.13. The van der Waals surface area contributed by atoms with Gasteiger partial charge in [0.2, 0.25) is 5.43 Å². The molecule has 0 bridgehead atoms. The van der Waals surface area contributed by atoms with Crippen LogP contribution < -0.4 is 15.5 Å². The third-order valence-electron chi connectivity index (χ3n) is 4.03. The van der Waals surface area contributed by atoms with Gasteiger partial charge in [-0.05, 0) is 24.3 Å². The number of halogens is 2. The fraction of sp³-hybridized carbons (Fsp3) is 0.200. The maximum absolute atomic E-state index is 12.4. The molecule has 0 saturated heterocycles. The average molecular weight is 417 g/mol. The predicted molar refractivity (Wildman–Crippen MR) is 103 cm³/mol. The van der Waals surface area contributed by atoms with Crippen molar-refractivity contribution in [3.05, 3.63) is 65.0 Å². The molecule has 0 atom stereocenters. The molecule has 0 spiro atoms. The number of nitrogens with zero attached hydrogens (tertiary/aromatic N) is 2. The number of aromatic nitrogens is 2. The minimum Gasteiger partial charge on any atom is -0.456 e. The summed E-state index contributed by atoms with van der Waals surface area (Å²) in [6.45, 7) is -3.49. The van der Waals surface area contributed by atoms with Crippen molar-refractivity contribution in [2.45, 2.75) is 19.6 Å². The number of amides is 1. The molecule has 0 unspecified atom stereocenters. The maximum atomic E-state index is 12.4. The molecule has 0 radical (unpaired) electrons. The lowest BCUT2D eigenvalue weighted by Gasteiger charge is -2.12. The van der Waals surface area contributed by atoms with E-state index in [4.69, 9.17) is 4.74 Å². The molecule has 10 heteroatoms. The summed E-state index contributed by atoms with van der Waals surface area (Å²) in [5, 5.41) is 6.83. The van der Waals surface area contributed by atoms with Gasteiger partial charge in [0.05, 0.1) is 30.4 Å². The van der Waals surface area contributed by atoms with Crippen LogP contribution in [0.5, 0.6) is 5.75 Å². The Morgan fingerprint density at radius 1 is 1.10 bits per heavy atom. The first-order chi connectivity index (χ1) is 14.4. The molecule has 8 nitrogen and oxygen atoms in total. The molecule has 0 aliphatic carbocycles. The molecule has 0 fully saturated rings. The summed E-state index contributed by atoms with van der Waals surface area (Å²) in [6, 6.07) is 12.5. The van der Waals surface area contributed by atoms with Crippen molar-refractivity contribution in [3.8, 4) is 5.75 Å². The normalized spacial score (nSPS) is 10.8. The number of benzene rings is 2. The number of hydrogen-bond donors (Lipinski definition) is 1. The van der Waals surface area contributed by atoms with Crippen LogP contribution >= 0.6 is 0 Å². The SMILES string of the molecule is O=C(COC(=O)CCn1ncc(=O)c2ccccc21)Nc1ccccc1OC(F)F. The first-order valence-electron chi connectivity index (χ1n) is 8.88. The Labute approximate surface area is 169 Å². The monoisotopic (exact) mass is 417 g/mol. The van der Waals surface area contributed by atoms with E-state index in [1.54, 1.807) is 24.3 Å². The van der Waals surface area contributed by atoms with Gasteiger partial charge in [-0.3, -0.25) is 19.1 Å². The standard InChI is InChI=1S/C20H17F2N3O5/c21-20(22)30-17-8-4-2-6-14(17)24-18(27)12-29-19(28)9-10-25-15-7-3-1-5-13(15)16(26)11-23-25/h1-8,11,20H,9-10,12H2,(H,24,27). The first kappa shape index (κ1) is 20.9. The molecule has 1 heterocycles. The van der Waals surface area contributed by atoms with Gasteiger partial charge in [0.25, 0.3) is 5.91 Å². The Kier molecular flexibility index (Phi) is 6.68. The van der Waals surface area contributed by atoms with Crippen molar-refractivity contribution in [2.24, 2.45) is 0 Å². The fourth-order valence-electron chi connectivity index (χ4n) is 2.71. The smallest absolute Gasteiger partial charge is 0.387 e. The summed E-state index contributed by atoms with van der Waals surface area (Å²) in [5.74, 6) is -1.57. The Bertz CT molecular complexity index is 1120. The van der Waals surface area contributed by atoms with Crippen LogP contribution in [-0.2, 0) is 20.9 Å². The summed E-state index contributed by atoms with van der Waals surface area (Å²) < 4.78 is 35.5. The van der Waals surface area contributed by atoms with Crippen molar-refractivity contribution in [1.29, 1.82) is 0 Å². The second-order valence-electron chi connectivity index (χ2n) is 6.08. The van der Waals surface area contributed by atoms with Gasteiger partial charge in [0.15, 0.2) is 6.61 Å². The molecule has 0 aliphatic rings. The van der Waals surface area contributed by atoms with E-state index in [1.807, 2.05) is 0 Å². The van der Waals surface area contributed by atoms with Crippen LogP contribution in [0.3, 0.4) is 0 Å². The highest BCUT2D eigenvalue weighted by molar-refractivity contribution is 5.94. The molecule has 1 amide bonds. The van der Waals surface area contributed by atoms with Crippen molar-refractivity contribution in [2.75, 3.05) is 11.9 Å². The molecule has 3 rings (SSSR count). The third-order valence-corrected chi connectivity index (χ3v) is 4.03. The number of aryl methyl sites for hydroxylation is 1. The lowest BCUT2D eigenvalue weighted by molar-refractivity contribution is -0.147. The topological polar surface area (TPSA) is 99.5 Å². The minimum atomic E-state index is -3.04. The number of ether oxygens (including phenoxy) is 2. The zero-order chi connectivity index (χ0) is 21.5. The molecule has 0 aliphatic heterocycles. The van der Waals surface area contributed by atoms with Gasteiger partial charge < -0.3 is 14.8 Å². The van der Waals surface area contributed by atoms with E-state index in [-0.39, 0.29) is 29.8 Å². The van der Waals surface area contributed by atoms with Crippen molar-refractivity contribution < 1.29 is 27.8 Å². The Morgan fingerprint density at radius 2 is 1.83 bits per heavy atom. The third kappa shape index (κ3) is 5.37. The number of carbonyl (C=O) groups excluding carboxylic acids is 2. The molecule has 1 aromatic heterocycles. The van der Waals surface area contributed by atoms with Crippen molar-refractivity contribution in [3.63, 3.8) is 0 Å². The summed E-state index contributed by atoms with van der Waals surface area (Å²) in [6.07, 6.45) is 1.08. The number of fused-ring (bicyclic) bond motifs is 1. The average Bonchev–Trinajstić information content (AvgIpc) is 2.73. The predicted octanol–water partition coefficient (Wildman–Crippen LogP) is 2.57. The zero-order valence-corrected chi connectivity index (χ0v) is 15.6. The zero-order valence-electron chi connectivity index (χ0n) is 15.6. The first-order valence-corrected chi connectivity index (χ1v) is 8.88. The highest BCUT2D eigenvalue weighted by atomic mass is 19.3. The van der Waals surface area contributed by atoms with Crippen LogP contribution in [-0.4, -0.2) is 34.9 Å². The van der Waals surface area contributed by atoms with E-state index in [9.17, 15) is 23.2 Å². The molecule has 3 aromatic rings. The van der Waals surface area contributed by atoms with Gasteiger partial charge in [-0.1, -0.05) is 24.3 Å². The Hall–Kier alpha value is -3.82. The van der Waals surface area contributed by atoms with Crippen molar-refractivity contribution >= 4 is 28.5 Å². The van der Waals surface area contributed by atoms with E-state index in [0.29, 0.717) is 10.9 Å². The lowest BCUT2D eigenvalue weighted by Crippen LogP contribution is -2.22. The van der Waals surface area contributed by atoms with E-state index in [0.717, 1.165) is 0 Å². The second-order valence-corrected chi connectivity index (χ2v) is 6.08. The van der Waals surface area contributed by atoms with Gasteiger partial charge in [-0.15, -0.1) is 0 Å². The van der Waals surface area contributed by atoms with E-state index in [2.05, 4.69) is 15.2 Å². The molecule has 2 aromatic carbocycles. The molecule has 0 saturated carbocycles. The second kappa shape index (κ2) is 9.59. The largest absolute Gasteiger partial charge is 0.456 e.